The molecular weight excluding hydrogens is 178 g/mol. The Balaban J connectivity index is 3.20. The zero-order chi connectivity index (χ0) is 10.6. The number of amides is 1. The summed E-state index contributed by atoms with van der Waals surface area (Å²) in [4.78, 5) is 11.0. The highest BCUT2D eigenvalue weighted by Crippen LogP contribution is 1.81. The lowest BCUT2D eigenvalue weighted by atomic mass is 10.3. The summed E-state index contributed by atoms with van der Waals surface area (Å²) in [6.07, 6.45) is 7.02. The molecule has 0 fully saturated rings. The van der Waals surface area contributed by atoms with Crippen LogP contribution in [0.2, 0.25) is 0 Å². The second-order valence-electron chi connectivity index (χ2n) is 2.74. The third-order valence-corrected chi connectivity index (χ3v) is 1.52. The fourth-order valence-electron chi connectivity index (χ4n) is 0.838. The zero-order valence-corrected chi connectivity index (χ0v) is 8.18. The first-order valence-corrected chi connectivity index (χ1v) is 4.59. The van der Waals surface area contributed by atoms with E-state index in [-0.39, 0.29) is 12.5 Å². The summed E-state index contributed by atoms with van der Waals surface area (Å²) >= 11 is 0. The molecule has 2 N–H and O–H groups in total. The van der Waals surface area contributed by atoms with E-state index in [0.717, 1.165) is 19.4 Å². The zero-order valence-electron chi connectivity index (χ0n) is 8.18. The molecule has 0 heterocycles. The number of unbranched alkanes of at least 4 members (excludes halogenated alkanes) is 1. The van der Waals surface area contributed by atoms with E-state index >= 15 is 0 Å². The molecule has 0 aliphatic heterocycles. The quantitative estimate of drug-likeness (QED) is 0.442. The Hall–Kier alpha value is -1.52. The lowest BCUT2D eigenvalue weighted by Gasteiger charge is -2.03. The van der Waals surface area contributed by atoms with Gasteiger partial charge >= 0.3 is 0 Å². The normalized spacial score (nSPS) is 8.71. The van der Waals surface area contributed by atoms with Crippen LogP contribution in [0.25, 0.3) is 0 Å². The van der Waals surface area contributed by atoms with Crippen molar-refractivity contribution in [2.75, 3.05) is 19.6 Å². The number of nitriles is 1. The molecule has 0 aliphatic rings. The monoisotopic (exact) mass is 193 g/mol. The second kappa shape index (κ2) is 9.57. The highest BCUT2D eigenvalue weighted by Gasteiger charge is 1.97. The van der Waals surface area contributed by atoms with Crippen LogP contribution in [0.4, 0.5) is 0 Å². The Morgan fingerprint density at radius 1 is 1.36 bits per heavy atom. The van der Waals surface area contributed by atoms with Gasteiger partial charge < -0.3 is 10.6 Å². The average Bonchev–Trinajstić information content (AvgIpc) is 2.18. The molecule has 0 unspecified atom stereocenters. The number of terminal acetylenes is 1. The number of carbonyl (C=O) groups is 1. The van der Waals surface area contributed by atoms with Gasteiger partial charge in [0.2, 0.25) is 5.91 Å². The molecule has 0 aromatic rings. The van der Waals surface area contributed by atoms with E-state index in [0.29, 0.717) is 13.0 Å². The summed E-state index contributed by atoms with van der Waals surface area (Å²) in [5.74, 6) is 2.44. The van der Waals surface area contributed by atoms with E-state index in [1.807, 2.05) is 6.07 Å². The van der Waals surface area contributed by atoms with Gasteiger partial charge in [0, 0.05) is 13.0 Å². The molecule has 4 nitrogen and oxygen atoms in total. The van der Waals surface area contributed by atoms with Gasteiger partial charge in [-0.25, -0.2) is 0 Å². The number of hydrogen-bond donors (Lipinski definition) is 2. The Morgan fingerprint density at radius 2 is 2.14 bits per heavy atom. The summed E-state index contributed by atoms with van der Waals surface area (Å²) in [5, 5.41) is 13.8. The molecule has 0 atom stereocenters. The van der Waals surface area contributed by atoms with Crippen LogP contribution in [-0.2, 0) is 4.79 Å². The van der Waals surface area contributed by atoms with Crippen LogP contribution < -0.4 is 10.6 Å². The molecule has 0 aromatic heterocycles. The van der Waals surface area contributed by atoms with Crippen LogP contribution in [0.15, 0.2) is 0 Å². The number of nitrogens with zero attached hydrogens (tertiary/aromatic N) is 1. The van der Waals surface area contributed by atoms with Gasteiger partial charge in [0.05, 0.1) is 19.0 Å². The van der Waals surface area contributed by atoms with Crippen LogP contribution in [0.1, 0.15) is 19.3 Å². The predicted molar refractivity (Wildman–Crippen MR) is 54.2 cm³/mol. The minimum absolute atomic E-state index is 0.0824. The van der Waals surface area contributed by atoms with Crippen molar-refractivity contribution in [1.29, 1.82) is 5.26 Å². The second-order valence-corrected chi connectivity index (χ2v) is 2.74. The topological polar surface area (TPSA) is 64.9 Å². The number of rotatable bonds is 7. The number of nitrogens with one attached hydrogen (secondary N) is 2. The van der Waals surface area contributed by atoms with E-state index in [2.05, 4.69) is 16.6 Å². The molecule has 14 heavy (non-hydrogen) atoms. The maximum atomic E-state index is 11.0. The van der Waals surface area contributed by atoms with Crippen LogP contribution in [0.3, 0.4) is 0 Å². The molecule has 0 saturated carbocycles. The fraction of sp³-hybridized carbons (Fsp3) is 0.600. The van der Waals surface area contributed by atoms with Crippen molar-refractivity contribution in [2.24, 2.45) is 0 Å². The van der Waals surface area contributed by atoms with Gasteiger partial charge in [0.1, 0.15) is 0 Å². The minimum Gasteiger partial charge on any atom is -0.354 e. The fourth-order valence-corrected chi connectivity index (χ4v) is 0.838. The first-order valence-electron chi connectivity index (χ1n) is 4.59. The van der Waals surface area contributed by atoms with E-state index in [4.69, 9.17) is 11.7 Å². The van der Waals surface area contributed by atoms with Crippen molar-refractivity contribution in [3.05, 3.63) is 0 Å². The highest BCUT2D eigenvalue weighted by atomic mass is 16.1. The van der Waals surface area contributed by atoms with Gasteiger partial charge in [-0.2, -0.15) is 5.26 Å². The third kappa shape index (κ3) is 8.58. The maximum Gasteiger partial charge on any atom is 0.233 e. The molecule has 0 spiro atoms. The van der Waals surface area contributed by atoms with Crippen LogP contribution >= 0.6 is 0 Å². The molecule has 4 heteroatoms. The molecule has 0 aromatic carbocycles. The molecule has 0 radical (unpaired) electrons. The standard InChI is InChI=1S/C10H15N3O/c1-2-3-4-7-12-9-10(14)13-8-5-6-11/h1,12H,3-5,7-9H2,(H,13,14). The van der Waals surface area contributed by atoms with Gasteiger partial charge in [-0.05, 0) is 13.0 Å². The van der Waals surface area contributed by atoms with E-state index < -0.39 is 0 Å². The summed E-state index contributed by atoms with van der Waals surface area (Å²) in [6.45, 7) is 1.45. The number of carbonyl (C=O) groups excluding carboxylic acids is 1. The van der Waals surface area contributed by atoms with E-state index in [1.165, 1.54) is 0 Å². The van der Waals surface area contributed by atoms with Crippen LogP contribution in [0, 0.1) is 23.7 Å². The largest absolute Gasteiger partial charge is 0.354 e. The van der Waals surface area contributed by atoms with Crippen molar-refractivity contribution in [3.8, 4) is 18.4 Å². The van der Waals surface area contributed by atoms with E-state index in [1.54, 1.807) is 0 Å². The van der Waals surface area contributed by atoms with E-state index in [9.17, 15) is 4.79 Å². The first-order chi connectivity index (χ1) is 6.81. The first kappa shape index (κ1) is 12.5. The summed E-state index contributed by atoms with van der Waals surface area (Å²) in [7, 11) is 0. The smallest absolute Gasteiger partial charge is 0.233 e. The molecular formula is C10H15N3O. The molecule has 0 saturated heterocycles. The van der Waals surface area contributed by atoms with Crippen molar-refractivity contribution in [3.63, 3.8) is 0 Å². The lowest BCUT2D eigenvalue weighted by Crippen LogP contribution is -2.34. The van der Waals surface area contributed by atoms with Gasteiger partial charge in [-0.15, -0.1) is 12.3 Å². The van der Waals surface area contributed by atoms with Crippen LogP contribution in [-0.4, -0.2) is 25.5 Å². The summed E-state index contributed by atoms with van der Waals surface area (Å²) in [6, 6.07) is 1.95. The van der Waals surface area contributed by atoms with Crippen molar-refractivity contribution in [1.82, 2.24) is 10.6 Å². The van der Waals surface area contributed by atoms with Crippen molar-refractivity contribution < 1.29 is 4.79 Å². The lowest BCUT2D eigenvalue weighted by molar-refractivity contribution is -0.120. The minimum atomic E-state index is -0.0824. The molecule has 1 amide bonds. The maximum absolute atomic E-state index is 11.0. The average molecular weight is 193 g/mol. The molecule has 0 bridgehead atoms. The van der Waals surface area contributed by atoms with Gasteiger partial charge in [0.15, 0.2) is 0 Å². The summed E-state index contributed by atoms with van der Waals surface area (Å²) < 4.78 is 0. The molecule has 76 valence electrons. The van der Waals surface area contributed by atoms with Crippen LogP contribution in [0.5, 0.6) is 0 Å². The highest BCUT2D eigenvalue weighted by molar-refractivity contribution is 5.77. The Labute approximate surface area is 84.7 Å². The summed E-state index contributed by atoms with van der Waals surface area (Å²) in [5.41, 5.74) is 0. The Morgan fingerprint density at radius 3 is 2.79 bits per heavy atom. The van der Waals surface area contributed by atoms with Gasteiger partial charge in [0.25, 0.3) is 0 Å². The SMILES string of the molecule is C#CCCCNCC(=O)NCCC#N. The molecule has 0 rings (SSSR count). The predicted octanol–water partition coefficient (Wildman–Crippen LogP) is 0.0193. The third-order valence-electron chi connectivity index (χ3n) is 1.52. The van der Waals surface area contributed by atoms with Gasteiger partial charge in [-0.1, -0.05) is 0 Å². The Kier molecular flexibility index (Phi) is 8.53. The molecule has 0 aliphatic carbocycles. The van der Waals surface area contributed by atoms with Crippen molar-refractivity contribution >= 4 is 5.91 Å². The Bertz CT molecular complexity index is 237. The van der Waals surface area contributed by atoms with Gasteiger partial charge in [-0.3, -0.25) is 4.79 Å². The number of hydrogen-bond acceptors (Lipinski definition) is 3. The van der Waals surface area contributed by atoms with Crippen molar-refractivity contribution in [2.45, 2.75) is 19.3 Å².